The molecule has 0 bridgehead atoms. The van der Waals surface area contributed by atoms with E-state index in [-0.39, 0.29) is 18.2 Å². The molecule has 2 saturated heterocycles. The zero-order chi connectivity index (χ0) is 36.9. The van der Waals surface area contributed by atoms with Crippen molar-refractivity contribution in [3.05, 3.63) is 90.2 Å². The molecule has 5 heterocycles. The van der Waals surface area contributed by atoms with E-state index >= 15 is 0 Å². The van der Waals surface area contributed by atoms with E-state index in [1.54, 1.807) is 47.1 Å². The molecule has 0 atom stereocenters. The quantitative estimate of drug-likeness (QED) is 0.185. The summed E-state index contributed by atoms with van der Waals surface area (Å²) in [5.74, 6) is 0.931. The van der Waals surface area contributed by atoms with Crippen LogP contribution in [0.15, 0.2) is 90.2 Å². The highest BCUT2D eigenvalue weighted by molar-refractivity contribution is 6.16. The standard InChI is InChI=1S/C39H46N10O4/c1-41-38(51)13-19-47(26-50)33-5-3-6-34-30(33)12-20-48(34)29-10-17-45(18-11-29)24-27-8-15-46(16-9-27)25-28-21-31(35(53-2)22-32(28)40)39(52)44-37-23-42-36-7-4-14-43-49(36)37/h3-7,12,14,20-23,25-27,29,40H,8-11,13,15-19,24H2,1-2H3,(H,41,51)(H,44,52)/b28-25-,40-32?. The monoisotopic (exact) mass is 718 g/mol. The zero-order valence-corrected chi connectivity index (χ0v) is 30.2. The number of methoxy groups -OCH3 is 1. The first kappa shape index (κ1) is 35.6. The van der Waals surface area contributed by atoms with Crippen LogP contribution in [0.2, 0.25) is 0 Å². The molecule has 2 aliphatic heterocycles. The molecule has 7 rings (SSSR count). The van der Waals surface area contributed by atoms with Crippen LogP contribution in [-0.2, 0) is 19.1 Å². The molecule has 0 radical (unpaired) electrons. The number of amides is 3. The molecule has 276 valence electrons. The summed E-state index contributed by atoms with van der Waals surface area (Å²) in [4.78, 5) is 47.9. The van der Waals surface area contributed by atoms with E-state index in [9.17, 15) is 14.4 Å². The van der Waals surface area contributed by atoms with Gasteiger partial charge < -0.3 is 40.0 Å². The second-order valence-electron chi connectivity index (χ2n) is 13.8. The SMILES string of the molecule is CNC(=O)CCN(C=O)c1cccc2c1ccn2C1CCN(CC2CCN(/C=C3/C=C(C(=O)Nc4cnc5cccnn45)C(OC)=CC3=N)CC2)CC1. The number of imidazole rings is 1. The summed E-state index contributed by atoms with van der Waals surface area (Å²) in [5.41, 5.74) is 3.87. The summed E-state index contributed by atoms with van der Waals surface area (Å²) in [5, 5.41) is 19.4. The molecule has 3 N–H and O–H groups in total. The van der Waals surface area contributed by atoms with Gasteiger partial charge in [-0.1, -0.05) is 6.07 Å². The van der Waals surface area contributed by atoms with Crippen LogP contribution in [-0.4, -0.2) is 106 Å². The lowest BCUT2D eigenvalue weighted by atomic mass is 9.94. The molecule has 53 heavy (non-hydrogen) atoms. The zero-order valence-electron chi connectivity index (χ0n) is 30.2. The van der Waals surface area contributed by atoms with E-state index in [1.165, 1.54) is 7.11 Å². The van der Waals surface area contributed by atoms with Crippen molar-refractivity contribution in [3.8, 4) is 0 Å². The highest BCUT2D eigenvalue weighted by atomic mass is 16.5. The van der Waals surface area contributed by atoms with E-state index in [0.29, 0.717) is 52.6 Å². The number of allylic oxidation sites excluding steroid dienone is 3. The Balaban J connectivity index is 0.924. The lowest BCUT2D eigenvalue weighted by Crippen LogP contribution is -2.40. The average Bonchev–Trinajstić information content (AvgIpc) is 3.81. The molecule has 0 unspecified atom stereocenters. The summed E-state index contributed by atoms with van der Waals surface area (Å²) in [6.07, 6.45) is 16.0. The topological polar surface area (TPSA) is 153 Å². The van der Waals surface area contributed by atoms with Crippen LogP contribution in [0.1, 0.15) is 38.1 Å². The first-order valence-electron chi connectivity index (χ1n) is 18.2. The number of fused-ring (bicyclic) bond motifs is 2. The van der Waals surface area contributed by atoms with Crippen LogP contribution in [0.5, 0.6) is 0 Å². The molecule has 14 nitrogen and oxygen atoms in total. The van der Waals surface area contributed by atoms with Gasteiger partial charge in [0.2, 0.25) is 12.3 Å². The third-order valence-corrected chi connectivity index (χ3v) is 10.6. The Morgan fingerprint density at radius 2 is 1.87 bits per heavy atom. The number of carbonyl (C=O) groups is 3. The van der Waals surface area contributed by atoms with Crippen molar-refractivity contribution >= 4 is 52.0 Å². The third-order valence-electron chi connectivity index (χ3n) is 10.6. The van der Waals surface area contributed by atoms with Gasteiger partial charge in [0.1, 0.15) is 5.76 Å². The van der Waals surface area contributed by atoms with Gasteiger partial charge in [-0.05, 0) is 68.0 Å². The van der Waals surface area contributed by atoms with Crippen molar-refractivity contribution in [1.29, 1.82) is 5.41 Å². The van der Waals surface area contributed by atoms with Crippen molar-refractivity contribution in [1.82, 2.24) is 34.3 Å². The maximum atomic E-state index is 13.4. The molecule has 3 aliphatic rings. The Morgan fingerprint density at radius 3 is 2.62 bits per heavy atom. The molecule has 3 aromatic heterocycles. The normalized spacial score (nSPS) is 18.3. The van der Waals surface area contributed by atoms with Gasteiger partial charge in [0, 0.05) is 94.4 Å². The second kappa shape index (κ2) is 15.9. The fourth-order valence-electron chi connectivity index (χ4n) is 7.67. The van der Waals surface area contributed by atoms with Crippen LogP contribution in [0.25, 0.3) is 16.6 Å². The molecule has 14 heteroatoms. The van der Waals surface area contributed by atoms with E-state index in [4.69, 9.17) is 10.1 Å². The van der Waals surface area contributed by atoms with Crippen LogP contribution >= 0.6 is 0 Å². The Hall–Kier alpha value is -5.76. The number of piperidine rings is 2. The molecule has 0 spiro atoms. The number of aromatic nitrogens is 4. The summed E-state index contributed by atoms with van der Waals surface area (Å²) in [6, 6.07) is 12.1. The fourth-order valence-corrected chi connectivity index (χ4v) is 7.67. The van der Waals surface area contributed by atoms with Gasteiger partial charge in [-0.25, -0.2) is 4.98 Å². The Bertz CT molecular complexity index is 2100. The van der Waals surface area contributed by atoms with Crippen LogP contribution in [0, 0.1) is 11.3 Å². The minimum absolute atomic E-state index is 0.0927. The van der Waals surface area contributed by atoms with Gasteiger partial charge in [0.05, 0.1) is 35.8 Å². The minimum Gasteiger partial charge on any atom is -0.496 e. The maximum absolute atomic E-state index is 13.4. The van der Waals surface area contributed by atoms with Gasteiger partial charge in [0.25, 0.3) is 5.91 Å². The summed E-state index contributed by atoms with van der Waals surface area (Å²) in [6.45, 7) is 5.25. The number of nitrogens with one attached hydrogen (secondary N) is 3. The van der Waals surface area contributed by atoms with Crippen molar-refractivity contribution in [3.63, 3.8) is 0 Å². The number of benzene rings is 1. The van der Waals surface area contributed by atoms with Gasteiger partial charge in [-0.3, -0.25) is 14.4 Å². The van der Waals surface area contributed by atoms with Gasteiger partial charge >= 0.3 is 0 Å². The lowest BCUT2D eigenvalue weighted by molar-refractivity contribution is -0.120. The molecular formula is C39H46N10O4. The Kier molecular flexibility index (Phi) is 10.7. The van der Waals surface area contributed by atoms with E-state index < -0.39 is 0 Å². The molecule has 3 amide bonds. The molecular weight excluding hydrogens is 672 g/mol. The molecule has 1 aromatic carbocycles. The lowest BCUT2D eigenvalue weighted by Gasteiger charge is -2.38. The van der Waals surface area contributed by atoms with Crippen LogP contribution in [0.4, 0.5) is 11.5 Å². The van der Waals surface area contributed by atoms with Gasteiger partial charge in [0.15, 0.2) is 11.5 Å². The summed E-state index contributed by atoms with van der Waals surface area (Å²) in [7, 11) is 3.10. The van der Waals surface area contributed by atoms with E-state index in [0.717, 1.165) is 81.4 Å². The predicted octanol–water partition coefficient (Wildman–Crippen LogP) is 4.14. The third kappa shape index (κ3) is 7.72. The Morgan fingerprint density at radius 1 is 1.06 bits per heavy atom. The number of rotatable bonds is 12. The number of ether oxygens (including phenoxy) is 1. The van der Waals surface area contributed by atoms with E-state index in [2.05, 4.69) is 53.4 Å². The smallest absolute Gasteiger partial charge is 0.260 e. The number of nitrogens with zero attached hydrogens (tertiary/aromatic N) is 7. The molecule has 1 aliphatic carbocycles. The summed E-state index contributed by atoms with van der Waals surface area (Å²) < 4.78 is 9.41. The van der Waals surface area contributed by atoms with Crippen molar-refractivity contribution in [2.24, 2.45) is 5.92 Å². The molecule has 0 saturated carbocycles. The predicted molar refractivity (Wildman–Crippen MR) is 204 cm³/mol. The Labute approximate surface area is 308 Å². The number of likely N-dealkylation sites (tertiary alicyclic amines) is 2. The number of anilines is 2. The maximum Gasteiger partial charge on any atom is 0.260 e. The molecule has 4 aromatic rings. The second-order valence-corrected chi connectivity index (χ2v) is 13.8. The van der Waals surface area contributed by atoms with Crippen molar-refractivity contribution in [2.75, 3.05) is 63.6 Å². The van der Waals surface area contributed by atoms with E-state index in [1.807, 2.05) is 24.4 Å². The van der Waals surface area contributed by atoms with Crippen LogP contribution in [0.3, 0.4) is 0 Å². The van der Waals surface area contributed by atoms with Gasteiger partial charge in [-0.2, -0.15) is 9.61 Å². The van der Waals surface area contributed by atoms with Gasteiger partial charge in [-0.15, -0.1) is 0 Å². The number of hydrogen-bond acceptors (Lipinski definition) is 9. The van der Waals surface area contributed by atoms with Crippen molar-refractivity contribution in [2.45, 2.75) is 38.1 Å². The minimum atomic E-state index is -0.361. The highest BCUT2D eigenvalue weighted by Gasteiger charge is 2.27. The van der Waals surface area contributed by atoms with Crippen molar-refractivity contribution < 1.29 is 19.1 Å². The fraction of sp³-hybridized carbons (Fsp3) is 0.385. The highest BCUT2D eigenvalue weighted by Crippen LogP contribution is 2.33. The number of hydrogen-bond donors (Lipinski definition) is 3. The summed E-state index contributed by atoms with van der Waals surface area (Å²) >= 11 is 0. The van der Waals surface area contributed by atoms with Crippen LogP contribution < -0.4 is 15.5 Å². The largest absolute Gasteiger partial charge is 0.496 e. The first-order chi connectivity index (χ1) is 25.8. The molecule has 2 fully saturated rings. The number of carbonyl (C=O) groups excluding carboxylic acids is 3. The average molecular weight is 719 g/mol. The first-order valence-corrected chi connectivity index (χ1v) is 18.2.